The Bertz CT molecular complexity index is 1160. The molecule has 0 heterocycles. The molecule has 61 heavy (non-hydrogen) atoms. The van der Waals surface area contributed by atoms with Gasteiger partial charge >= 0.3 is 17.9 Å². The van der Waals surface area contributed by atoms with Gasteiger partial charge in [0.2, 0.25) is 0 Å². The summed E-state index contributed by atoms with van der Waals surface area (Å²) in [5.41, 5.74) is 0. The third kappa shape index (κ3) is 47.7. The van der Waals surface area contributed by atoms with Crippen LogP contribution < -0.4 is 0 Å². The molecule has 0 aliphatic heterocycles. The molecule has 0 bridgehead atoms. The molecule has 0 saturated carbocycles. The molecule has 1 atom stereocenters. The number of carbonyl (C=O) groups is 3. The van der Waals surface area contributed by atoms with Crippen LogP contribution in [0, 0.1) is 0 Å². The zero-order chi connectivity index (χ0) is 44.4. The van der Waals surface area contributed by atoms with Gasteiger partial charge in [-0.1, -0.05) is 190 Å². The van der Waals surface area contributed by atoms with Crippen LogP contribution in [0.3, 0.4) is 0 Å². The van der Waals surface area contributed by atoms with E-state index < -0.39 is 6.10 Å². The quantitative estimate of drug-likeness (QED) is 0.0263. The third-order valence-electron chi connectivity index (χ3n) is 10.7. The van der Waals surface area contributed by atoms with Gasteiger partial charge in [-0.3, -0.25) is 14.4 Å². The summed E-state index contributed by atoms with van der Waals surface area (Å²) in [6.07, 6.45) is 61.7. The number of hydrogen-bond donors (Lipinski definition) is 0. The fourth-order valence-corrected chi connectivity index (χ4v) is 6.82. The fourth-order valence-electron chi connectivity index (χ4n) is 6.82. The molecular formula is C55H94O6. The van der Waals surface area contributed by atoms with Crippen LogP contribution in [0.25, 0.3) is 0 Å². The highest BCUT2D eigenvalue weighted by Crippen LogP contribution is 2.14. The number of allylic oxidation sites excluding steroid dienone is 12. The summed E-state index contributed by atoms with van der Waals surface area (Å²) in [6, 6.07) is 0. The van der Waals surface area contributed by atoms with Crippen LogP contribution in [-0.2, 0) is 28.6 Å². The van der Waals surface area contributed by atoms with Crippen molar-refractivity contribution in [2.24, 2.45) is 0 Å². The smallest absolute Gasteiger partial charge is 0.306 e. The summed E-state index contributed by atoms with van der Waals surface area (Å²) in [7, 11) is 0. The van der Waals surface area contributed by atoms with Crippen molar-refractivity contribution in [1.82, 2.24) is 0 Å². The Hall–Kier alpha value is -3.15. The first-order chi connectivity index (χ1) is 30.0. The molecule has 0 radical (unpaired) electrons. The maximum absolute atomic E-state index is 12.8. The van der Waals surface area contributed by atoms with E-state index in [0.29, 0.717) is 19.3 Å². The van der Waals surface area contributed by atoms with Gasteiger partial charge in [-0.05, 0) is 103 Å². The van der Waals surface area contributed by atoms with Gasteiger partial charge in [-0.15, -0.1) is 0 Å². The molecule has 6 heteroatoms. The fraction of sp³-hybridized carbons (Fsp3) is 0.727. The van der Waals surface area contributed by atoms with Crippen LogP contribution in [-0.4, -0.2) is 37.2 Å². The van der Waals surface area contributed by atoms with Gasteiger partial charge in [0, 0.05) is 19.3 Å². The molecule has 0 aromatic carbocycles. The molecule has 0 amide bonds. The minimum Gasteiger partial charge on any atom is -0.462 e. The van der Waals surface area contributed by atoms with E-state index in [0.717, 1.165) is 116 Å². The SMILES string of the molecule is CC/C=C\C/C=C\C/C=C\CCCCCCCC(=O)O[C@H](COC(=O)CCCCCCC/C=C\CCCC)COC(=O)CCCCCCCCC/C=C\C/C=C\CCCCC. The summed E-state index contributed by atoms with van der Waals surface area (Å²) in [4.78, 5) is 37.9. The average Bonchev–Trinajstić information content (AvgIpc) is 3.26. The minimum absolute atomic E-state index is 0.0896. The van der Waals surface area contributed by atoms with E-state index in [4.69, 9.17) is 14.2 Å². The first-order valence-corrected chi connectivity index (χ1v) is 25.4. The summed E-state index contributed by atoms with van der Waals surface area (Å²) < 4.78 is 16.8. The van der Waals surface area contributed by atoms with Crippen LogP contribution in [0.15, 0.2) is 72.9 Å². The van der Waals surface area contributed by atoms with Gasteiger partial charge in [0.05, 0.1) is 0 Å². The van der Waals surface area contributed by atoms with Gasteiger partial charge < -0.3 is 14.2 Å². The minimum atomic E-state index is -0.790. The molecule has 0 aromatic heterocycles. The molecule has 0 N–H and O–H groups in total. The summed E-state index contributed by atoms with van der Waals surface area (Å²) in [5.74, 6) is -0.924. The second-order valence-electron chi connectivity index (χ2n) is 16.7. The van der Waals surface area contributed by atoms with Crippen molar-refractivity contribution in [1.29, 1.82) is 0 Å². The van der Waals surface area contributed by atoms with Crippen molar-refractivity contribution in [3.05, 3.63) is 72.9 Å². The van der Waals surface area contributed by atoms with E-state index in [-0.39, 0.29) is 31.1 Å². The summed E-state index contributed by atoms with van der Waals surface area (Å²) >= 11 is 0. The van der Waals surface area contributed by atoms with Gasteiger partial charge in [0.1, 0.15) is 13.2 Å². The zero-order valence-corrected chi connectivity index (χ0v) is 39.9. The Morgan fingerprint density at radius 1 is 0.344 bits per heavy atom. The lowest BCUT2D eigenvalue weighted by molar-refractivity contribution is -0.167. The van der Waals surface area contributed by atoms with Crippen molar-refractivity contribution >= 4 is 17.9 Å². The normalized spacial score (nSPS) is 12.6. The average molecular weight is 851 g/mol. The largest absolute Gasteiger partial charge is 0.462 e. The predicted octanol–water partition coefficient (Wildman–Crippen LogP) is 16.6. The first-order valence-electron chi connectivity index (χ1n) is 25.4. The van der Waals surface area contributed by atoms with Crippen molar-refractivity contribution in [3.8, 4) is 0 Å². The van der Waals surface area contributed by atoms with Crippen LogP contribution >= 0.6 is 0 Å². The van der Waals surface area contributed by atoms with E-state index in [1.165, 1.54) is 83.5 Å². The molecule has 350 valence electrons. The van der Waals surface area contributed by atoms with Crippen molar-refractivity contribution in [3.63, 3.8) is 0 Å². The van der Waals surface area contributed by atoms with E-state index in [2.05, 4.69) is 93.7 Å². The Balaban J connectivity index is 4.41. The molecule has 0 spiro atoms. The number of rotatable bonds is 45. The molecule has 0 unspecified atom stereocenters. The summed E-state index contributed by atoms with van der Waals surface area (Å²) in [5, 5.41) is 0. The van der Waals surface area contributed by atoms with E-state index in [9.17, 15) is 14.4 Å². The lowest BCUT2D eigenvalue weighted by Gasteiger charge is -2.18. The lowest BCUT2D eigenvalue weighted by atomic mass is 10.1. The van der Waals surface area contributed by atoms with Gasteiger partial charge in [-0.2, -0.15) is 0 Å². The molecule has 0 fully saturated rings. The molecule has 0 saturated heterocycles. The highest BCUT2D eigenvalue weighted by molar-refractivity contribution is 5.71. The molecule has 6 nitrogen and oxygen atoms in total. The van der Waals surface area contributed by atoms with Crippen molar-refractivity contribution < 1.29 is 28.6 Å². The molecule has 0 aliphatic carbocycles. The molecule has 0 rings (SSSR count). The Kier molecular flexibility index (Phi) is 46.9. The Labute approximate surface area is 376 Å². The van der Waals surface area contributed by atoms with Crippen molar-refractivity contribution in [2.45, 2.75) is 245 Å². The number of esters is 3. The lowest BCUT2D eigenvalue weighted by Crippen LogP contribution is -2.30. The highest BCUT2D eigenvalue weighted by Gasteiger charge is 2.19. The number of hydrogen-bond acceptors (Lipinski definition) is 6. The van der Waals surface area contributed by atoms with E-state index >= 15 is 0 Å². The molecule has 0 aliphatic rings. The van der Waals surface area contributed by atoms with Gasteiger partial charge in [-0.25, -0.2) is 0 Å². The van der Waals surface area contributed by atoms with Gasteiger partial charge in [0.25, 0.3) is 0 Å². The van der Waals surface area contributed by atoms with E-state index in [1.54, 1.807) is 0 Å². The third-order valence-corrected chi connectivity index (χ3v) is 10.7. The Morgan fingerprint density at radius 3 is 1.07 bits per heavy atom. The monoisotopic (exact) mass is 851 g/mol. The topological polar surface area (TPSA) is 78.9 Å². The highest BCUT2D eigenvalue weighted by atomic mass is 16.6. The standard InChI is InChI=1S/C55H94O6/c1-4-7-10-13-16-19-22-24-26-27-29-30-33-36-39-42-45-48-54(57)60-51-52(50-59-53(56)47-44-41-38-35-32-21-18-15-12-9-6-3)61-55(58)49-46-43-40-37-34-31-28-25-23-20-17-14-11-8-5-2/h8,11,15-20,24-26,28,52H,4-7,9-10,12-14,21-23,27,29-51H2,1-3H3/b11-8-,18-15-,19-16-,20-17-,26-24-,28-25-/t52-/m1/s1. The zero-order valence-electron chi connectivity index (χ0n) is 39.9. The van der Waals surface area contributed by atoms with Crippen molar-refractivity contribution in [2.75, 3.05) is 13.2 Å². The summed E-state index contributed by atoms with van der Waals surface area (Å²) in [6.45, 7) is 6.43. The maximum Gasteiger partial charge on any atom is 0.306 e. The van der Waals surface area contributed by atoms with Crippen LogP contribution in [0.2, 0.25) is 0 Å². The van der Waals surface area contributed by atoms with Crippen LogP contribution in [0.5, 0.6) is 0 Å². The van der Waals surface area contributed by atoms with E-state index in [1.807, 2.05) is 0 Å². The second kappa shape index (κ2) is 49.5. The second-order valence-corrected chi connectivity index (χ2v) is 16.7. The van der Waals surface area contributed by atoms with Gasteiger partial charge in [0.15, 0.2) is 6.10 Å². The van der Waals surface area contributed by atoms with Crippen LogP contribution in [0.4, 0.5) is 0 Å². The number of ether oxygens (including phenoxy) is 3. The number of carbonyl (C=O) groups excluding carboxylic acids is 3. The molecule has 0 aromatic rings. The first kappa shape index (κ1) is 57.9. The predicted molar refractivity (Wildman–Crippen MR) is 261 cm³/mol. The maximum atomic E-state index is 12.8. The number of unbranched alkanes of at least 4 members (excludes halogenated alkanes) is 22. The van der Waals surface area contributed by atoms with Crippen LogP contribution in [0.1, 0.15) is 239 Å². The Morgan fingerprint density at radius 2 is 0.656 bits per heavy atom. The molecular weight excluding hydrogens is 757 g/mol.